The molecule has 0 amide bonds. The summed E-state index contributed by atoms with van der Waals surface area (Å²) in [4.78, 5) is 0.188. The van der Waals surface area contributed by atoms with E-state index in [1.165, 1.54) is 6.07 Å². The van der Waals surface area contributed by atoms with Gasteiger partial charge in [-0.3, -0.25) is 0 Å². The van der Waals surface area contributed by atoms with Crippen LogP contribution in [0.1, 0.15) is 11.1 Å². The van der Waals surface area contributed by atoms with Crippen LogP contribution in [-0.4, -0.2) is 8.42 Å². The first-order chi connectivity index (χ1) is 9.07. The molecule has 2 rings (SSSR count). The maximum atomic E-state index is 11.4. The zero-order chi connectivity index (χ0) is 13.7. The molecule has 0 radical (unpaired) electrons. The molecule has 0 unspecified atom stereocenters. The molecule has 0 aliphatic heterocycles. The summed E-state index contributed by atoms with van der Waals surface area (Å²) in [5.74, 6) is 0. The molecule has 98 valence electrons. The fraction of sp³-hybridized carbons (Fsp3) is 0.0667. The highest BCUT2D eigenvalue weighted by Crippen LogP contribution is 2.15. The van der Waals surface area contributed by atoms with Gasteiger partial charge in [-0.1, -0.05) is 60.7 Å². The van der Waals surface area contributed by atoms with Gasteiger partial charge in [-0.05, 0) is 23.6 Å². The largest absolute Gasteiger partial charge is 0.238 e. The van der Waals surface area contributed by atoms with E-state index in [-0.39, 0.29) is 4.90 Å². The van der Waals surface area contributed by atoms with Crippen LogP contribution in [0.15, 0.2) is 65.6 Å². The molecule has 0 bridgehead atoms. The second-order valence-electron chi connectivity index (χ2n) is 4.17. The first-order valence-electron chi connectivity index (χ1n) is 5.90. The number of nitrogens with two attached hydrogens (primary N) is 1. The summed E-state index contributed by atoms with van der Waals surface area (Å²) in [6.07, 6.45) is 4.42. The lowest BCUT2D eigenvalue weighted by molar-refractivity contribution is 0.597. The van der Waals surface area contributed by atoms with E-state index in [9.17, 15) is 8.42 Å². The van der Waals surface area contributed by atoms with Crippen LogP contribution in [0.2, 0.25) is 0 Å². The summed E-state index contributed by atoms with van der Waals surface area (Å²) in [6, 6.07) is 16.6. The first kappa shape index (κ1) is 13.5. The van der Waals surface area contributed by atoms with Crippen molar-refractivity contribution in [3.05, 3.63) is 71.8 Å². The number of allylic oxidation sites excluding steroid dienone is 1. The van der Waals surface area contributed by atoms with Gasteiger partial charge in [-0.15, -0.1) is 0 Å². The van der Waals surface area contributed by atoms with Crippen LogP contribution in [0.3, 0.4) is 0 Å². The smallest absolute Gasteiger partial charge is 0.225 e. The minimum absolute atomic E-state index is 0.188. The van der Waals surface area contributed by atoms with Gasteiger partial charge in [-0.2, -0.15) is 0 Å². The number of primary sulfonamides is 1. The van der Waals surface area contributed by atoms with E-state index < -0.39 is 10.0 Å². The Bertz CT molecular complexity index is 676. The van der Waals surface area contributed by atoms with E-state index in [2.05, 4.69) is 0 Å². The minimum Gasteiger partial charge on any atom is -0.225 e. The molecule has 0 aromatic heterocycles. The Morgan fingerprint density at radius 3 is 2.26 bits per heavy atom. The third-order valence-electron chi connectivity index (χ3n) is 2.73. The van der Waals surface area contributed by atoms with E-state index in [1.54, 1.807) is 18.2 Å². The van der Waals surface area contributed by atoms with E-state index in [0.29, 0.717) is 12.0 Å². The quantitative estimate of drug-likeness (QED) is 0.930. The maximum Gasteiger partial charge on any atom is 0.238 e. The second kappa shape index (κ2) is 5.82. The molecule has 0 saturated heterocycles. The van der Waals surface area contributed by atoms with E-state index >= 15 is 0 Å². The van der Waals surface area contributed by atoms with Gasteiger partial charge in [0.15, 0.2) is 0 Å². The molecule has 0 fully saturated rings. The number of hydrogen-bond acceptors (Lipinski definition) is 2. The third kappa shape index (κ3) is 3.77. The van der Waals surface area contributed by atoms with Crippen molar-refractivity contribution in [2.45, 2.75) is 11.3 Å². The topological polar surface area (TPSA) is 60.2 Å². The van der Waals surface area contributed by atoms with Gasteiger partial charge in [-0.25, -0.2) is 13.6 Å². The van der Waals surface area contributed by atoms with Crippen molar-refractivity contribution in [1.29, 1.82) is 0 Å². The Hall–Kier alpha value is -1.91. The molecule has 2 aromatic rings. The molecule has 3 nitrogen and oxygen atoms in total. The molecule has 0 spiro atoms. The second-order valence-corrected chi connectivity index (χ2v) is 5.70. The van der Waals surface area contributed by atoms with Crippen LogP contribution >= 0.6 is 0 Å². The van der Waals surface area contributed by atoms with Crippen molar-refractivity contribution in [1.82, 2.24) is 0 Å². The first-order valence-corrected chi connectivity index (χ1v) is 7.44. The standard InChI is InChI=1S/C15H15NO2S/c16-19(17,18)15-12-5-4-10-14(15)11-6-9-13-7-2-1-3-8-13/h1-10,12H,11H2,(H2,16,17,18)/b9-6+. The molecule has 0 heterocycles. The summed E-state index contributed by atoms with van der Waals surface area (Å²) < 4.78 is 22.9. The Morgan fingerprint density at radius 2 is 1.58 bits per heavy atom. The Labute approximate surface area is 113 Å². The lowest BCUT2D eigenvalue weighted by Gasteiger charge is -2.04. The van der Waals surface area contributed by atoms with Gasteiger partial charge in [0.2, 0.25) is 10.0 Å². The van der Waals surface area contributed by atoms with Crippen LogP contribution < -0.4 is 5.14 Å². The molecule has 0 aliphatic carbocycles. The zero-order valence-electron chi connectivity index (χ0n) is 10.4. The number of hydrogen-bond donors (Lipinski definition) is 1. The summed E-state index contributed by atoms with van der Waals surface area (Å²) in [5, 5.41) is 5.19. The lowest BCUT2D eigenvalue weighted by Crippen LogP contribution is -2.14. The van der Waals surface area contributed by atoms with Crippen LogP contribution in [-0.2, 0) is 16.4 Å². The SMILES string of the molecule is NS(=O)(=O)c1ccccc1C/C=C/c1ccccc1. The predicted octanol–water partition coefficient (Wildman–Crippen LogP) is 2.59. The Morgan fingerprint density at radius 1 is 0.947 bits per heavy atom. The van der Waals surface area contributed by atoms with E-state index in [4.69, 9.17) is 5.14 Å². The molecular formula is C15H15NO2S. The monoisotopic (exact) mass is 273 g/mol. The van der Waals surface area contributed by atoms with Crippen molar-refractivity contribution >= 4 is 16.1 Å². The molecule has 0 aliphatic rings. The van der Waals surface area contributed by atoms with Gasteiger partial charge in [0.05, 0.1) is 4.90 Å². The zero-order valence-corrected chi connectivity index (χ0v) is 11.2. The summed E-state index contributed by atoms with van der Waals surface area (Å²) in [6.45, 7) is 0. The molecule has 2 aromatic carbocycles. The minimum atomic E-state index is -3.66. The van der Waals surface area contributed by atoms with Crippen LogP contribution in [0.4, 0.5) is 0 Å². The highest BCUT2D eigenvalue weighted by molar-refractivity contribution is 7.89. The maximum absolute atomic E-state index is 11.4. The number of benzene rings is 2. The van der Waals surface area contributed by atoms with E-state index in [0.717, 1.165) is 5.56 Å². The van der Waals surface area contributed by atoms with Crippen molar-refractivity contribution < 1.29 is 8.42 Å². The Kier molecular flexibility index (Phi) is 4.14. The van der Waals surface area contributed by atoms with Crippen LogP contribution in [0.25, 0.3) is 6.08 Å². The summed E-state index contributed by atoms with van der Waals surface area (Å²) in [5.41, 5.74) is 1.78. The lowest BCUT2D eigenvalue weighted by atomic mass is 10.1. The Balaban J connectivity index is 2.19. The van der Waals surface area contributed by atoms with E-state index in [1.807, 2.05) is 42.5 Å². The summed E-state index contributed by atoms with van der Waals surface area (Å²) in [7, 11) is -3.66. The predicted molar refractivity (Wildman–Crippen MR) is 77.0 cm³/mol. The van der Waals surface area contributed by atoms with Gasteiger partial charge < -0.3 is 0 Å². The molecule has 19 heavy (non-hydrogen) atoms. The van der Waals surface area contributed by atoms with Crippen molar-refractivity contribution in [3.63, 3.8) is 0 Å². The highest BCUT2D eigenvalue weighted by Gasteiger charge is 2.11. The fourth-order valence-corrected chi connectivity index (χ4v) is 2.62. The van der Waals surface area contributed by atoms with Crippen molar-refractivity contribution in [3.8, 4) is 0 Å². The van der Waals surface area contributed by atoms with Gasteiger partial charge in [0.25, 0.3) is 0 Å². The van der Waals surface area contributed by atoms with Gasteiger partial charge in [0, 0.05) is 0 Å². The average molecular weight is 273 g/mol. The van der Waals surface area contributed by atoms with Crippen molar-refractivity contribution in [2.75, 3.05) is 0 Å². The van der Waals surface area contributed by atoms with Gasteiger partial charge >= 0.3 is 0 Å². The van der Waals surface area contributed by atoms with Crippen molar-refractivity contribution in [2.24, 2.45) is 5.14 Å². The molecule has 2 N–H and O–H groups in total. The fourth-order valence-electron chi connectivity index (χ4n) is 1.84. The number of rotatable bonds is 4. The highest BCUT2D eigenvalue weighted by atomic mass is 32.2. The average Bonchev–Trinajstić information content (AvgIpc) is 2.39. The summed E-state index contributed by atoms with van der Waals surface area (Å²) >= 11 is 0. The third-order valence-corrected chi connectivity index (χ3v) is 3.74. The number of sulfonamides is 1. The van der Waals surface area contributed by atoms with Crippen LogP contribution in [0.5, 0.6) is 0 Å². The molecular weight excluding hydrogens is 258 g/mol. The van der Waals surface area contributed by atoms with Crippen LogP contribution in [0, 0.1) is 0 Å². The molecule has 0 saturated carbocycles. The molecule has 4 heteroatoms. The van der Waals surface area contributed by atoms with Gasteiger partial charge in [0.1, 0.15) is 0 Å². The normalized spacial score (nSPS) is 11.8. The molecule has 0 atom stereocenters.